The number of benzene rings is 1. The molecular weight excluding hydrogens is 179 g/mol. The molecule has 78 valence electrons. The zero-order chi connectivity index (χ0) is 10.4. The third-order valence-electron chi connectivity index (χ3n) is 2.11. The van der Waals surface area contributed by atoms with Gasteiger partial charge in [-0.2, -0.15) is 0 Å². The van der Waals surface area contributed by atoms with Crippen LogP contribution in [0, 0.1) is 12.7 Å². The first-order valence-electron chi connectivity index (χ1n) is 5.07. The lowest BCUT2D eigenvalue weighted by molar-refractivity contribution is 0.115. The van der Waals surface area contributed by atoms with Gasteiger partial charge in [0.2, 0.25) is 0 Å². The van der Waals surface area contributed by atoms with Gasteiger partial charge in [-0.1, -0.05) is 25.5 Å². The summed E-state index contributed by atoms with van der Waals surface area (Å²) in [5.74, 6) is -0.165. The minimum Gasteiger partial charge on any atom is -0.377 e. The largest absolute Gasteiger partial charge is 0.377 e. The van der Waals surface area contributed by atoms with Crippen molar-refractivity contribution in [2.75, 3.05) is 6.61 Å². The monoisotopic (exact) mass is 196 g/mol. The molecule has 0 unspecified atom stereocenters. The number of ether oxygens (including phenoxy) is 1. The van der Waals surface area contributed by atoms with Gasteiger partial charge in [-0.15, -0.1) is 0 Å². The van der Waals surface area contributed by atoms with Gasteiger partial charge in [0.15, 0.2) is 0 Å². The van der Waals surface area contributed by atoms with Crippen molar-refractivity contribution >= 4 is 0 Å². The minimum atomic E-state index is -0.165. The molecule has 0 fully saturated rings. The van der Waals surface area contributed by atoms with Gasteiger partial charge < -0.3 is 4.74 Å². The molecule has 0 saturated carbocycles. The first-order valence-corrected chi connectivity index (χ1v) is 5.07. The van der Waals surface area contributed by atoms with Crippen LogP contribution < -0.4 is 0 Å². The lowest BCUT2D eigenvalue weighted by Gasteiger charge is -2.05. The standard InChI is InChI=1S/C12H17FO/c1-3-4-7-14-9-11-6-5-10(2)8-12(11)13/h5-6,8H,3-4,7,9H2,1-2H3. The smallest absolute Gasteiger partial charge is 0.128 e. The number of unbranched alkanes of at least 4 members (excludes halogenated alkanes) is 1. The third kappa shape index (κ3) is 3.46. The van der Waals surface area contributed by atoms with Crippen molar-refractivity contribution in [1.82, 2.24) is 0 Å². The number of halogens is 1. The van der Waals surface area contributed by atoms with Gasteiger partial charge in [0.25, 0.3) is 0 Å². The Labute approximate surface area is 84.9 Å². The molecule has 0 spiro atoms. The molecule has 0 atom stereocenters. The van der Waals surface area contributed by atoms with Gasteiger partial charge in [0, 0.05) is 12.2 Å². The van der Waals surface area contributed by atoms with Gasteiger partial charge in [0.1, 0.15) is 5.82 Å². The fourth-order valence-corrected chi connectivity index (χ4v) is 1.20. The van der Waals surface area contributed by atoms with Crippen molar-refractivity contribution in [2.24, 2.45) is 0 Å². The Balaban J connectivity index is 2.42. The van der Waals surface area contributed by atoms with E-state index in [0.29, 0.717) is 18.8 Å². The predicted octanol–water partition coefficient (Wildman–Crippen LogP) is 3.45. The fourth-order valence-electron chi connectivity index (χ4n) is 1.20. The first kappa shape index (κ1) is 11.2. The van der Waals surface area contributed by atoms with Crippen LogP contribution in [0.2, 0.25) is 0 Å². The maximum absolute atomic E-state index is 13.3. The summed E-state index contributed by atoms with van der Waals surface area (Å²) >= 11 is 0. The molecule has 0 aliphatic rings. The topological polar surface area (TPSA) is 9.23 Å². The second-order valence-electron chi connectivity index (χ2n) is 3.50. The van der Waals surface area contributed by atoms with Crippen molar-refractivity contribution in [2.45, 2.75) is 33.3 Å². The second-order valence-corrected chi connectivity index (χ2v) is 3.50. The third-order valence-corrected chi connectivity index (χ3v) is 2.11. The molecule has 14 heavy (non-hydrogen) atoms. The molecule has 0 saturated heterocycles. The first-order chi connectivity index (χ1) is 6.74. The summed E-state index contributed by atoms with van der Waals surface area (Å²) in [7, 11) is 0. The van der Waals surface area contributed by atoms with E-state index in [1.807, 2.05) is 13.0 Å². The summed E-state index contributed by atoms with van der Waals surface area (Å²) in [4.78, 5) is 0. The Morgan fingerprint density at radius 3 is 2.79 bits per heavy atom. The molecule has 0 aliphatic carbocycles. The summed E-state index contributed by atoms with van der Waals surface area (Å²) in [5.41, 5.74) is 1.59. The van der Waals surface area contributed by atoms with E-state index >= 15 is 0 Å². The van der Waals surface area contributed by atoms with Crippen molar-refractivity contribution in [3.8, 4) is 0 Å². The van der Waals surface area contributed by atoms with E-state index in [1.54, 1.807) is 12.1 Å². The Hall–Kier alpha value is -0.890. The zero-order valence-corrected chi connectivity index (χ0v) is 8.85. The minimum absolute atomic E-state index is 0.165. The van der Waals surface area contributed by atoms with Gasteiger partial charge in [-0.3, -0.25) is 0 Å². The van der Waals surface area contributed by atoms with Crippen LogP contribution in [0.3, 0.4) is 0 Å². The maximum Gasteiger partial charge on any atom is 0.128 e. The number of aryl methyl sites for hydroxylation is 1. The normalized spacial score (nSPS) is 10.5. The molecule has 0 N–H and O–H groups in total. The highest BCUT2D eigenvalue weighted by atomic mass is 19.1. The lowest BCUT2D eigenvalue weighted by Crippen LogP contribution is -1.97. The molecular formula is C12H17FO. The van der Waals surface area contributed by atoms with Crippen LogP contribution in [0.4, 0.5) is 4.39 Å². The number of hydrogen-bond acceptors (Lipinski definition) is 1. The molecule has 0 aromatic heterocycles. The molecule has 0 aliphatic heterocycles. The number of rotatable bonds is 5. The summed E-state index contributed by atoms with van der Waals surface area (Å²) < 4.78 is 18.6. The SMILES string of the molecule is CCCCOCc1ccc(C)cc1F. The van der Waals surface area contributed by atoms with Crippen LogP contribution in [0.15, 0.2) is 18.2 Å². The van der Waals surface area contributed by atoms with Crippen LogP contribution in [0.1, 0.15) is 30.9 Å². The lowest BCUT2D eigenvalue weighted by atomic mass is 10.1. The van der Waals surface area contributed by atoms with Crippen molar-refractivity contribution in [1.29, 1.82) is 0 Å². The van der Waals surface area contributed by atoms with E-state index in [2.05, 4.69) is 6.92 Å². The highest BCUT2D eigenvalue weighted by Crippen LogP contribution is 2.10. The highest BCUT2D eigenvalue weighted by Gasteiger charge is 2.01. The van der Waals surface area contributed by atoms with Crippen LogP contribution in [-0.2, 0) is 11.3 Å². The van der Waals surface area contributed by atoms with E-state index in [4.69, 9.17) is 4.74 Å². The average Bonchev–Trinajstić information content (AvgIpc) is 2.15. The molecule has 0 bridgehead atoms. The van der Waals surface area contributed by atoms with Crippen LogP contribution in [0.25, 0.3) is 0 Å². The molecule has 1 rings (SSSR count). The van der Waals surface area contributed by atoms with Crippen LogP contribution >= 0.6 is 0 Å². The molecule has 0 heterocycles. The van der Waals surface area contributed by atoms with Crippen LogP contribution in [0.5, 0.6) is 0 Å². The van der Waals surface area contributed by atoms with Gasteiger partial charge >= 0.3 is 0 Å². The Morgan fingerprint density at radius 1 is 1.36 bits per heavy atom. The quantitative estimate of drug-likeness (QED) is 0.655. The molecule has 1 aromatic carbocycles. The number of hydrogen-bond donors (Lipinski definition) is 0. The Morgan fingerprint density at radius 2 is 2.14 bits per heavy atom. The molecule has 2 heteroatoms. The summed E-state index contributed by atoms with van der Waals surface area (Å²) in [6, 6.07) is 5.23. The molecule has 0 radical (unpaired) electrons. The molecule has 1 nitrogen and oxygen atoms in total. The Bertz CT molecular complexity index is 284. The van der Waals surface area contributed by atoms with E-state index in [1.165, 1.54) is 0 Å². The molecule has 0 amide bonds. The van der Waals surface area contributed by atoms with Crippen molar-refractivity contribution in [3.05, 3.63) is 35.1 Å². The summed E-state index contributed by atoms with van der Waals surface area (Å²) in [6.07, 6.45) is 2.14. The van der Waals surface area contributed by atoms with Gasteiger partial charge in [0.05, 0.1) is 6.61 Å². The van der Waals surface area contributed by atoms with Gasteiger partial charge in [-0.25, -0.2) is 4.39 Å². The van der Waals surface area contributed by atoms with Crippen LogP contribution in [-0.4, -0.2) is 6.61 Å². The highest BCUT2D eigenvalue weighted by molar-refractivity contribution is 5.22. The van der Waals surface area contributed by atoms with E-state index in [0.717, 1.165) is 18.4 Å². The fraction of sp³-hybridized carbons (Fsp3) is 0.500. The van der Waals surface area contributed by atoms with Gasteiger partial charge in [-0.05, 0) is 25.0 Å². The molecule has 1 aromatic rings. The van der Waals surface area contributed by atoms with Crippen molar-refractivity contribution < 1.29 is 9.13 Å². The summed E-state index contributed by atoms with van der Waals surface area (Å²) in [6.45, 7) is 5.08. The predicted molar refractivity (Wildman–Crippen MR) is 55.7 cm³/mol. The van der Waals surface area contributed by atoms with E-state index in [-0.39, 0.29) is 5.82 Å². The Kier molecular flexibility index (Phi) is 4.60. The van der Waals surface area contributed by atoms with E-state index in [9.17, 15) is 4.39 Å². The maximum atomic E-state index is 13.3. The van der Waals surface area contributed by atoms with E-state index < -0.39 is 0 Å². The zero-order valence-electron chi connectivity index (χ0n) is 8.85. The summed E-state index contributed by atoms with van der Waals surface area (Å²) in [5, 5.41) is 0. The second kappa shape index (κ2) is 5.76. The van der Waals surface area contributed by atoms with Crippen molar-refractivity contribution in [3.63, 3.8) is 0 Å². The average molecular weight is 196 g/mol.